The van der Waals surface area contributed by atoms with Crippen molar-refractivity contribution in [3.8, 4) is 0 Å². The highest BCUT2D eigenvalue weighted by Crippen LogP contribution is 2.17. The molecular formula is C53H97NO5. The molecule has 0 radical (unpaired) electrons. The summed E-state index contributed by atoms with van der Waals surface area (Å²) < 4.78 is 5.90. The van der Waals surface area contributed by atoms with Gasteiger partial charge in [0.05, 0.1) is 25.2 Å². The van der Waals surface area contributed by atoms with Gasteiger partial charge in [-0.1, -0.05) is 230 Å². The van der Waals surface area contributed by atoms with Gasteiger partial charge < -0.3 is 20.3 Å². The topological polar surface area (TPSA) is 95.9 Å². The number of allylic oxidation sites excluding steroid dienone is 8. The normalized spacial score (nSPS) is 13.6. The third-order valence-electron chi connectivity index (χ3n) is 11.4. The van der Waals surface area contributed by atoms with Crippen molar-refractivity contribution in [1.82, 2.24) is 5.32 Å². The van der Waals surface area contributed by atoms with Crippen LogP contribution in [0.5, 0.6) is 0 Å². The molecule has 0 aliphatic heterocycles. The van der Waals surface area contributed by atoms with Gasteiger partial charge in [0.1, 0.15) is 6.10 Å². The summed E-state index contributed by atoms with van der Waals surface area (Å²) in [6.07, 6.45) is 56.0. The van der Waals surface area contributed by atoms with Gasteiger partial charge in [0, 0.05) is 6.42 Å². The third kappa shape index (κ3) is 42.3. The second-order valence-electron chi connectivity index (χ2n) is 17.2. The first-order chi connectivity index (χ1) is 29.0. The van der Waals surface area contributed by atoms with Crippen LogP contribution in [0.2, 0.25) is 0 Å². The molecular weight excluding hydrogens is 731 g/mol. The number of aliphatic hydroxyl groups is 2. The summed E-state index contributed by atoms with van der Waals surface area (Å²) in [4.78, 5) is 26.1. The molecule has 3 unspecified atom stereocenters. The fraction of sp³-hybridized carbons (Fsp3) is 0.811. The molecule has 3 N–H and O–H groups in total. The minimum atomic E-state index is -0.800. The molecule has 0 aliphatic rings. The molecule has 344 valence electrons. The smallest absolute Gasteiger partial charge is 0.306 e. The van der Waals surface area contributed by atoms with Gasteiger partial charge in [-0.25, -0.2) is 0 Å². The summed E-state index contributed by atoms with van der Waals surface area (Å²) in [6, 6.07) is -0.716. The first kappa shape index (κ1) is 56.8. The van der Waals surface area contributed by atoms with E-state index >= 15 is 0 Å². The molecule has 0 rings (SSSR count). The maximum absolute atomic E-state index is 13.2. The Balaban J connectivity index is 4.64. The average molecular weight is 828 g/mol. The molecule has 0 spiro atoms. The van der Waals surface area contributed by atoms with Crippen LogP contribution in [0.25, 0.3) is 0 Å². The molecule has 6 nitrogen and oxygen atoms in total. The molecule has 0 aliphatic carbocycles. The monoisotopic (exact) mass is 828 g/mol. The van der Waals surface area contributed by atoms with Gasteiger partial charge in [-0.3, -0.25) is 9.59 Å². The zero-order chi connectivity index (χ0) is 43.1. The van der Waals surface area contributed by atoms with Gasteiger partial charge in [-0.05, 0) is 57.8 Å². The maximum Gasteiger partial charge on any atom is 0.306 e. The summed E-state index contributed by atoms with van der Waals surface area (Å²) in [6.45, 7) is 6.36. The van der Waals surface area contributed by atoms with Crippen molar-refractivity contribution in [3.05, 3.63) is 48.6 Å². The van der Waals surface area contributed by atoms with E-state index in [-0.39, 0.29) is 24.9 Å². The predicted octanol–water partition coefficient (Wildman–Crippen LogP) is 15.1. The fourth-order valence-corrected chi connectivity index (χ4v) is 7.60. The highest BCUT2D eigenvalue weighted by atomic mass is 16.5. The SMILES string of the molecule is CC/C=C/C/C=C/C/C=C/C/C=C/CCCC(CC(=O)NC(CO)C(O)CCCCCCCCCCCCCCCC)OC(=O)CCCCCCCCCCCCCC. The van der Waals surface area contributed by atoms with E-state index in [9.17, 15) is 19.8 Å². The van der Waals surface area contributed by atoms with Gasteiger partial charge in [0.15, 0.2) is 0 Å². The number of unbranched alkanes of at least 4 members (excludes halogenated alkanes) is 25. The fourth-order valence-electron chi connectivity index (χ4n) is 7.60. The number of esters is 1. The molecule has 0 saturated heterocycles. The largest absolute Gasteiger partial charge is 0.462 e. The molecule has 59 heavy (non-hydrogen) atoms. The van der Waals surface area contributed by atoms with Crippen LogP contribution in [0.4, 0.5) is 0 Å². The van der Waals surface area contributed by atoms with Gasteiger partial charge in [0.25, 0.3) is 0 Å². The van der Waals surface area contributed by atoms with Crippen molar-refractivity contribution < 1.29 is 24.5 Å². The molecule has 0 aromatic rings. The number of carbonyl (C=O) groups is 2. The number of aliphatic hydroxyl groups excluding tert-OH is 2. The zero-order valence-corrected chi connectivity index (χ0v) is 39.1. The van der Waals surface area contributed by atoms with E-state index in [1.807, 2.05) is 0 Å². The standard InChI is InChI=1S/C53H97NO5/c1-4-7-10-13-16-19-22-25-27-29-32-35-38-41-44-49(59-53(58)46-43-40-37-34-31-24-21-18-15-12-9-6-3)47-52(57)54-50(48-55)51(56)45-42-39-36-33-30-28-26-23-20-17-14-11-8-5-2/h7,10,16,19,25,27,32,35,49-51,55-56H,4-6,8-9,11-15,17-18,20-24,26,28-31,33-34,36-48H2,1-3H3,(H,54,57)/b10-7+,19-16+,27-25+,35-32+. The van der Waals surface area contributed by atoms with Crippen molar-refractivity contribution in [2.24, 2.45) is 0 Å². The van der Waals surface area contributed by atoms with Gasteiger partial charge in [0.2, 0.25) is 5.91 Å². The van der Waals surface area contributed by atoms with E-state index in [2.05, 4.69) is 74.7 Å². The molecule has 0 saturated carbocycles. The van der Waals surface area contributed by atoms with Crippen molar-refractivity contribution in [1.29, 1.82) is 0 Å². The van der Waals surface area contributed by atoms with E-state index in [0.29, 0.717) is 19.3 Å². The molecule has 0 aromatic carbocycles. The Bertz CT molecular complexity index is 1020. The number of rotatable bonds is 45. The molecule has 3 atom stereocenters. The van der Waals surface area contributed by atoms with Crippen LogP contribution in [0.15, 0.2) is 48.6 Å². The number of nitrogens with one attached hydrogen (secondary N) is 1. The second-order valence-corrected chi connectivity index (χ2v) is 17.2. The van der Waals surface area contributed by atoms with E-state index in [4.69, 9.17) is 4.74 Å². The van der Waals surface area contributed by atoms with Gasteiger partial charge >= 0.3 is 5.97 Å². The maximum atomic E-state index is 13.2. The van der Waals surface area contributed by atoms with Crippen LogP contribution in [-0.4, -0.2) is 46.9 Å². The first-order valence-electron chi connectivity index (χ1n) is 25.4. The number of hydrogen-bond acceptors (Lipinski definition) is 5. The molecule has 1 amide bonds. The van der Waals surface area contributed by atoms with E-state index in [1.54, 1.807) is 0 Å². The lowest BCUT2D eigenvalue weighted by Gasteiger charge is -2.24. The van der Waals surface area contributed by atoms with Gasteiger partial charge in [-0.15, -0.1) is 0 Å². The van der Waals surface area contributed by atoms with Crippen molar-refractivity contribution >= 4 is 11.9 Å². The summed E-state index contributed by atoms with van der Waals surface area (Å²) in [5.41, 5.74) is 0. The van der Waals surface area contributed by atoms with Crippen LogP contribution in [-0.2, 0) is 14.3 Å². The number of amides is 1. The van der Waals surface area contributed by atoms with E-state index in [0.717, 1.165) is 77.0 Å². The Morgan fingerprint density at radius 3 is 1.36 bits per heavy atom. The lowest BCUT2D eigenvalue weighted by atomic mass is 10.0. The quantitative estimate of drug-likeness (QED) is 0.0323. The van der Waals surface area contributed by atoms with Crippen LogP contribution in [0.1, 0.15) is 252 Å². The lowest BCUT2D eigenvalue weighted by Crippen LogP contribution is -2.46. The predicted molar refractivity (Wildman–Crippen MR) is 255 cm³/mol. The molecule has 0 bridgehead atoms. The third-order valence-corrected chi connectivity index (χ3v) is 11.4. The highest BCUT2D eigenvalue weighted by Gasteiger charge is 2.24. The zero-order valence-electron chi connectivity index (χ0n) is 39.1. The lowest BCUT2D eigenvalue weighted by molar-refractivity contribution is -0.151. The molecule has 0 heterocycles. The van der Waals surface area contributed by atoms with Gasteiger partial charge in [-0.2, -0.15) is 0 Å². The number of carbonyl (C=O) groups excluding carboxylic acids is 2. The summed E-state index contributed by atoms with van der Waals surface area (Å²) >= 11 is 0. The van der Waals surface area contributed by atoms with Crippen LogP contribution >= 0.6 is 0 Å². The highest BCUT2D eigenvalue weighted by molar-refractivity contribution is 5.77. The molecule has 0 aromatic heterocycles. The Labute approximate surface area is 366 Å². The Morgan fingerprint density at radius 1 is 0.508 bits per heavy atom. The molecule has 6 heteroatoms. The van der Waals surface area contributed by atoms with Crippen molar-refractivity contribution in [3.63, 3.8) is 0 Å². The van der Waals surface area contributed by atoms with E-state index in [1.165, 1.54) is 128 Å². The van der Waals surface area contributed by atoms with Crippen LogP contribution in [0.3, 0.4) is 0 Å². The van der Waals surface area contributed by atoms with Crippen LogP contribution in [0, 0.1) is 0 Å². The second kappa shape index (κ2) is 46.9. The number of hydrogen-bond donors (Lipinski definition) is 3. The Morgan fingerprint density at radius 2 is 0.915 bits per heavy atom. The number of ether oxygens (including phenoxy) is 1. The van der Waals surface area contributed by atoms with Crippen molar-refractivity contribution in [2.75, 3.05) is 6.61 Å². The summed E-state index contributed by atoms with van der Waals surface area (Å²) in [7, 11) is 0. The van der Waals surface area contributed by atoms with Crippen LogP contribution < -0.4 is 5.32 Å². The minimum absolute atomic E-state index is 0.0421. The Hall–Kier alpha value is -2.18. The Kier molecular flexibility index (Phi) is 45.1. The molecule has 0 fully saturated rings. The van der Waals surface area contributed by atoms with E-state index < -0.39 is 18.2 Å². The van der Waals surface area contributed by atoms with Crippen molar-refractivity contribution in [2.45, 2.75) is 270 Å². The first-order valence-corrected chi connectivity index (χ1v) is 25.4. The summed E-state index contributed by atoms with van der Waals surface area (Å²) in [5, 5.41) is 23.7. The summed E-state index contributed by atoms with van der Waals surface area (Å²) in [5.74, 6) is -0.522. The average Bonchev–Trinajstić information content (AvgIpc) is 3.23. The minimum Gasteiger partial charge on any atom is -0.462 e.